The van der Waals surface area contributed by atoms with E-state index < -0.39 is 21.0 Å². The van der Waals surface area contributed by atoms with Gasteiger partial charge in [-0.1, -0.05) is 18.5 Å². The van der Waals surface area contributed by atoms with Crippen LogP contribution >= 0.6 is 11.6 Å². The Morgan fingerprint density at radius 3 is 2.54 bits per heavy atom. The third-order valence-corrected chi connectivity index (χ3v) is 6.88. The summed E-state index contributed by atoms with van der Waals surface area (Å²) in [7, 11) is -3.42. The zero-order chi connectivity index (χ0) is 17.7. The molecule has 1 heterocycles. The molecule has 0 radical (unpaired) electrons. The molecule has 24 heavy (non-hydrogen) atoms. The van der Waals surface area contributed by atoms with E-state index in [0.717, 1.165) is 31.6 Å². The zero-order valence-electron chi connectivity index (χ0n) is 14.2. The van der Waals surface area contributed by atoms with Crippen molar-refractivity contribution in [3.63, 3.8) is 0 Å². The molecule has 1 aliphatic rings. The summed E-state index contributed by atoms with van der Waals surface area (Å²) < 4.78 is 24.0. The lowest BCUT2D eigenvalue weighted by Gasteiger charge is -2.29. The van der Waals surface area contributed by atoms with Gasteiger partial charge in [0.15, 0.2) is 9.84 Å². The number of amides is 1. The van der Waals surface area contributed by atoms with Crippen molar-refractivity contribution < 1.29 is 13.2 Å². The molecule has 0 aromatic heterocycles. The summed E-state index contributed by atoms with van der Waals surface area (Å²) in [5.41, 5.74) is 1.48. The van der Waals surface area contributed by atoms with Gasteiger partial charge in [0.25, 0.3) is 0 Å². The van der Waals surface area contributed by atoms with Crippen LogP contribution in [-0.4, -0.2) is 38.4 Å². The lowest BCUT2D eigenvalue weighted by atomic mass is 10.1. The Bertz CT molecular complexity index is 685. The first kappa shape index (κ1) is 19.1. The first-order valence-corrected chi connectivity index (χ1v) is 10.5. The lowest BCUT2D eigenvalue weighted by Crippen LogP contribution is -2.34. The molecule has 1 saturated heterocycles. The number of piperidine rings is 1. The smallest absolute Gasteiger partial charge is 0.242 e. The molecule has 1 aromatic rings. The molecule has 1 N–H and O–H groups in total. The molecule has 1 aromatic carbocycles. The number of nitrogens with zero attached hydrogens (tertiary/aromatic N) is 1. The predicted octanol–water partition coefficient (Wildman–Crippen LogP) is 3.48. The number of rotatable bonds is 6. The molecule has 0 aliphatic carbocycles. The van der Waals surface area contributed by atoms with E-state index in [1.807, 2.05) is 6.07 Å². The Morgan fingerprint density at radius 2 is 1.96 bits per heavy atom. The highest BCUT2D eigenvalue weighted by atomic mass is 35.5. The maximum atomic E-state index is 12.2. The monoisotopic (exact) mass is 372 g/mol. The summed E-state index contributed by atoms with van der Waals surface area (Å²) >= 11 is 6.35. The Hall–Kier alpha value is -1.27. The SMILES string of the molecule is CCCS(=O)(=O)C(C)C(=O)Nc1ccc(N2CCCCC2)c(Cl)c1. The van der Waals surface area contributed by atoms with E-state index in [1.54, 1.807) is 19.1 Å². The van der Waals surface area contributed by atoms with Crippen molar-refractivity contribution in [2.24, 2.45) is 0 Å². The number of benzene rings is 1. The molecule has 0 bridgehead atoms. The van der Waals surface area contributed by atoms with Crippen LogP contribution in [0.3, 0.4) is 0 Å². The second-order valence-corrected chi connectivity index (χ2v) is 9.06. The Balaban J connectivity index is 2.07. The number of halogens is 1. The number of anilines is 2. The van der Waals surface area contributed by atoms with Crippen LogP contribution in [0.15, 0.2) is 18.2 Å². The van der Waals surface area contributed by atoms with Crippen molar-refractivity contribution in [2.45, 2.75) is 44.8 Å². The third-order valence-electron chi connectivity index (χ3n) is 4.31. The highest BCUT2D eigenvalue weighted by Crippen LogP contribution is 2.31. The second kappa shape index (κ2) is 8.21. The number of hydrogen-bond donors (Lipinski definition) is 1. The molecule has 1 unspecified atom stereocenters. The van der Waals surface area contributed by atoms with Gasteiger partial charge in [0.2, 0.25) is 5.91 Å². The molecule has 1 aliphatic heterocycles. The van der Waals surface area contributed by atoms with E-state index in [0.29, 0.717) is 17.1 Å². The number of hydrogen-bond acceptors (Lipinski definition) is 4. The fourth-order valence-electron chi connectivity index (χ4n) is 2.84. The van der Waals surface area contributed by atoms with E-state index in [4.69, 9.17) is 11.6 Å². The largest absolute Gasteiger partial charge is 0.370 e. The van der Waals surface area contributed by atoms with Crippen LogP contribution in [0.2, 0.25) is 5.02 Å². The Kier molecular flexibility index (Phi) is 6.52. The van der Waals surface area contributed by atoms with Crippen molar-refractivity contribution >= 4 is 38.7 Å². The maximum Gasteiger partial charge on any atom is 0.242 e. The van der Waals surface area contributed by atoms with Gasteiger partial charge in [-0.15, -0.1) is 0 Å². The van der Waals surface area contributed by atoms with Crippen molar-refractivity contribution in [3.05, 3.63) is 23.2 Å². The molecule has 0 saturated carbocycles. The molecular weight excluding hydrogens is 348 g/mol. The normalized spacial score (nSPS) is 16.7. The topological polar surface area (TPSA) is 66.5 Å². The van der Waals surface area contributed by atoms with Crippen molar-refractivity contribution in [3.8, 4) is 0 Å². The first-order chi connectivity index (χ1) is 11.3. The minimum absolute atomic E-state index is 0.0102. The van der Waals surface area contributed by atoms with Crippen LogP contribution in [0.4, 0.5) is 11.4 Å². The van der Waals surface area contributed by atoms with Gasteiger partial charge in [-0.2, -0.15) is 0 Å². The van der Waals surface area contributed by atoms with Gasteiger partial charge in [0.1, 0.15) is 5.25 Å². The Labute approximate surface area is 149 Å². The molecule has 5 nitrogen and oxygen atoms in total. The third kappa shape index (κ3) is 4.63. The molecular formula is C17H25ClN2O3S. The van der Waals surface area contributed by atoms with Gasteiger partial charge in [-0.05, 0) is 50.8 Å². The lowest BCUT2D eigenvalue weighted by molar-refractivity contribution is -0.115. The first-order valence-electron chi connectivity index (χ1n) is 8.42. The summed E-state index contributed by atoms with van der Waals surface area (Å²) in [6, 6.07) is 5.34. The Morgan fingerprint density at radius 1 is 1.29 bits per heavy atom. The zero-order valence-corrected chi connectivity index (χ0v) is 15.8. The van der Waals surface area contributed by atoms with E-state index in [1.165, 1.54) is 13.3 Å². The predicted molar refractivity (Wildman–Crippen MR) is 99.7 cm³/mol. The molecule has 2 rings (SSSR count). The summed E-state index contributed by atoms with van der Waals surface area (Å²) in [6.07, 6.45) is 4.05. The van der Waals surface area contributed by atoms with Gasteiger partial charge in [-0.25, -0.2) is 8.42 Å². The summed E-state index contributed by atoms with van der Waals surface area (Å²) in [6.45, 7) is 5.17. The van der Waals surface area contributed by atoms with Crippen LogP contribution < -0.4 is 10.2 Å². The van der Waals surface area contributed by atoms with E-state index in [-0.39, 0.29) is 5.75 Å². The molecule has 0 spiro atoms. The van der Waals surface area contributed by atoms with Gasteiger partial charge in [-0.3, -0.25) is 4.79 Å². The number of sulfone groups is 1. The van der Waals surface area contributed by atoms with E-state index in [2.05, 4.69) is 10.2 Å². The number of nitrogens with one attached hydrogen (secondary N) is 1. The molecule has 1 atom stereocenters. The van der Waals surface area contributed by atoms with Crippen molar-refractivity contribution in [1.29, 1.82) is 0 Å². The average Bonchev–Trinajstić information content (AvgIpc) is 2.55. The number of carbonyl (C=O) groups is 1. The standard InChI is InChI=1S/C17H25ClN2O3S/c1-3-11-24(22,23)13(2)17(21)19-14-7-8-16(15(18)12-14)20-9-5-4-6-10-20/h7-8,12-13H,3-6,9-11H2,1-2H3,(H,19,21). The highest BCUT2D eigenvalue weighted by Gasteiger charge is 2.27. The molecule has 1 fully saturated rings. The van der Waals surface area contributed by atoms with E-state index >= 15 is 0 Å². The van der Waals surface area contributed by atoms with E-state index in [9.17, 15) is 13.2 Å². The van der Waals surface area contributed by atoms with Gasteiger partial charge in [0, 0.05) is 18.8 Å². The fraction of sp³-hybridized carbons (Fsp3) is 0.588. The average molecular weight is 373 g/mol. The van der Waals surface area contributed by atoms with Crippen molar-refractivity contribution in [1.82, 2.24) is 0 Å². The number of carbonyl (C=O) groups excluding carboxylic acids is 1. The van der Waals surface area contributed by atoms with Crippen LogP contribution in [0, 0.1) is 0 Å². The summed E-state index contributed by atoms with van der Waals surface area (Å²) in [4.78, 5) is 14.4. The molecule has 1 amide bonds. The van der Waals surface area contributed by atoms with Crippen LogP contribution in [0.25, 0.3) is 0 Å². The van der Waals surface area contributed by atoms with Crippen LogP contribution in [0.5, 0.6) is 0 Å². The minimum atomic E-state index is -3.42. The molecule has 7 heteroatoms. The summed E-state index contributed by atoms with van der Waals surface area (Å²) in [5.74, 6) is -0.513. The minimum Gasteiger partial charge on any atom is -0.370 e. The highest BCUT2D eigenvalue weighted by molar-refractivity contribution is 7.92. The van der Waals surface area contributed by atoms with Crippen LogP contribution in [-0.2, 0) is 14.6 Å². The van der Waals surface area contributed by atoms with Gasteiger partial charge in [0.05, 0.1) is 16.5 Å². The summed E-state index contributed by atoms with van der Waals surface area (Å²) in [5, 5.41) is 2.15. The van der Waals surface area contributed by atoms with Gasteiger partial charge < -0.3 is 10.2 Å². The van der Waals surface area contributed by atoms with Gasteiger partial charge >= 0.3 is 0 Å². The fourth-order valence-corrected chi connectivity index (χ4v) is 4.45. The maximum absolute atomic E-state index is 12.2. The van der Waals surface area contributed by atoms with Crippen LogP contribution in [0.1, 0.15) is 39.5 Å². The second-order valence-electron chi connectivity index (χ2n) is 6.21. The van der Waals surface area contributed by atoms with Crippen molar-refractivity contribution in [2.75, 3.05) is 29.1 Å². The quantitative estimate of drug-likeness (QED) is 0.830. The molecule has 134 valence electrons.